The second-order valence-corrected chi connectivity index (χ2v) is 6.73. The van der Waals surface area contributed by atoms with Gasteiger partial charge in [0.2, 0.25) is 5.91 Å². The summed E-state index contributed by atoms with van der Waals surface area (Å²) in [5, 5.41) is 3.99. The highest BCUT2D eigenvalue weighted by Crippen LogP contribution is 2.30. The van der Waals surface area contributed by atoms with Gasteiger partial charge in [0, 0.05) is 25.3 Å². The van der Waals surface area contributed by atoms with Crippen molar-refractivity contribution in [3.05, 3.63) is 18.3 Å². The number of nitrogens with one attached hydrogen (secondary N) is 1. The van der Waals surface area contributed by atoms with E-state index in [4.69, 9.17) is 0 Å². The average molecular weight is 304 g/mol. The molecule has 2 aromatic heterocycles. The molecule has 1 atom stereocenters. The molecule has 112 valence electrons. The lowest BCUT2D eigenvalue weighted by Crippen LogP contribution is -2.44. The lowest BCUT2D eigenvalue weighted by atomic mass is 9.97. The number of amides is 1. The Morgan fingerprint density at radius 3 is 3.14 bits per heavy atom. The van der Waals surface area contributed by atoms with Crippen LogP contribution in [-0.2, 0) is 4.79 Å². The lowest BCUT2D eigenvalue weighted by molar-refractivity contribution is -0.125. The van der Waals surface area contributed by atoms with E-state index in [1.54, 1.807) is 17.5 Å². The molecule has 0 radical (unpaired) electrons. The average Bonchev–Trinajstić information content (AvgIpc) is 2.90. The fourth-order valence-corrected chi connectivity index (χ4v) is 3.60. The van der Waals surface area contributed by atoms with Gasteiger partial charge < -0.3 is 10.2 Å². The standard InChI is InChI=1S/C15H20N4OS/c1-10(2)17-13(20)11-5-4-8-19(9-11)15-18-12-6-3-7-16-14(12)21-15/h3,6-7,10-11H,4-5,8-9H2,1-2H3,(H,17,20)/t11-/m1/s1. The van der Waals surface area contributed by atoms with Crippen molar-refractivity contribution in [1.82, 2.24) is 15.3 Å². The third kappa shape index (κ3) is 3.15. The minimum absolute atomic E-state index is 0.0566. The van der Waals surface area contributed by atoms with Crippen molar-refractivity contribution in [2.75, 3.05) is 18.0 Å². The van der Waals surface area contributed by atoms with Crippen LogP contribution in [0.4, 0.5) is 5.13 Å². The Kier molecular flexibility index (Phi) is 4.05. The van der Waals surface area contributed by atoms with Gasteiger partial charge in [0.15, 0.2) is 5.13 Å². The molecule has 6 heteroatoms. The molecule has 2 aromatic rings. The van der Waals surface area contributed by atoms with Crippen molar-refractivity contribution in [2.45, 2.75) is 32.7 Å². The van der Waals surface area contributed by atoms with Crippen LogP contribution in [-0.4, -0.2) is 35.0 Å². The fraction of sp³-hybridized carbons (Fsp3) is 0.533. The van der Waals surface area contributed by atoms with Crippen molar-refractivity contribution in [3.63, 3.8) is 0 Å². The largest absolute Gasteiger partial charge is 0.354 e. The molecule has 1 amide bonds. The summed E-state index contributed by atoms with van der Waals surface area (Å²) >= 11 is 1.60. The number of carbonyl (C=O) groups excluding carboxylic acids is 1. The van der Waals surface area contributed by atoms with Crippen molar-refractivity contribution in [2.24, 2.45) is 5.92 Å². The third-order valence-electron chi connectivity index (χ3n) is 3.65. The summed E-state index contributed by atoms with van der Waals surface area (Å²) in [7, 11) is 0. The van der Waals surface area contributed by atoms with Gasteiger partial charge in [-0.05, 0) is 38.8 Å². The fourth-order valence-electron chi connectivity index (χ4n) is 2.66. The zero-order chi connectivity index (χ0) is 14.8. The maximum atomic E-state index is 12.2. The van der Waals surface area contributed by atoms with Gasteiger partial charge in [0.05, 0.1) is 5.92 Å². The number of rotatable bonds is 3. The number of aromatic nitrogens is 2. The van der Waals surface area contributed by atoms with Gasteiger partial charge in [-0.15, -0.1) is 0 Å². The molecule has 0 aliphatic carbocycles. The lowest BCUT2D eigenvalue weighted by Gasteiger charge is -2.32. The Labute approximate surface area is 128 Å². The van der Waals surface area contributed by atoms with Crippen LogP contribution in [0.3, 0.4) is 0 Å². The molecule has 1 aliphatic rings. The van der Waals surface area contributed by atoms with Crippen LogP contribution in [0.5, 0.6) is 0 Å². The number of hydrogen-bond acceptors (Lipinski definition) is 5. The Balaban J connectivity index is 1.74. The van der Waals surface area contributed by atoms with Crippen LogP contribution in [0, 0.1) is 5.92 Å². The molecule has 5 nitrogen and oxygen atoms in total. The molecule has 3 rings (SSSR count). The molecule has 0 bridgehead atoms. The molecule has 0 aromatic carbocycles. The smallest absolute Gasteiger partial charge is 0.225 e. The number of hydrogen-bond donors (Lipinski definition) is 1. The topological polar surface area (TPSA) is 58.1 Å². The Bertz CT molecular complexity index is 606. The van der Waals surface area contributed by atoms with Crippen LogP contribution >= 0.6 is 11.3 Å². The second-order valence-electron chi connectivity index (χ2n) is 5.77. The first-order chi connectivity index (χ1) is 10.1. The number of pyridine rings is 1. The summed E-state index contributed by atoms with van der Waals surface area (Å²) in [4.78, 5) is 24.4. The van der Waals surface area contributed by atoms with E-state index in [9.17, 15) is 4.79 Å². The van der Waals surface area contributed by atoms with Gasteiger partial charge >= 0.3 is 0 Å². The van der Waals surface area contributed by atoms with Crippen LogP contribution in [0.15, 0.2) is 18.3 Å². The van der Waals surface area contributed by atoms with Gasteiger partial charge in [0.1, 0.15) is 10.3 Å². The summed E-state index contributed by atoms with van der Waals surface area (Å²) in [6, 6.07) is 4.08. The van der Waals surface area contributed by atoms with Crippen molar-refractivity contribution in [1.29, 1.82) is 0 Å². The van der Waals surface area contributed by atoms with Crippen molar-refractivity contribution in [3.8, 4) is 0 Å². The van der Waals surface area contributed by atoms with E-state index in [1.165, 1.54) is 0 Å². The first-order valence-corrected chi connectivity index (χ1v) is 8.22. The number of carbonyl (C=O) groups is 1. The van der Waals surface area contributed by atoms with Crippen molar-refractivity contribution < 1.29 is 4.79 Å². The zero-order valence-corrected chi connectivity index (χ0v) is 13.2. The SMILES string of the molecule is CC(C)NC(=O)[C@@H]1CCCN(c2nc3cccnc3s2)C1. The van der Waals surface area contributed by atoms with Crippen LogP contribution in [0.1, 0.15) is 26.7 Å². The maximum absolute atomic E-state index is 12.2. The first-order valence-electron chi connectivity index (χ1n) is 7.40. The molecule has 3 heterocycles. The predicted octanol–water partition coefficient (Wildman–Crippen LogP) is 2.43. The van der Waals surface area contributed by atoms with Gasteiger partial charge in [0.25, 0.3) is 0 Å². The second kappa shape index (κ2) is 5.97. The van der Waals surface area contributed by atoms with E-state index in [-0.39, 0.29) is 17.9 Å². The van der Waals surface area contributed by atoms with E-state index < -0.39 is 0 Å². The summed E-state index contributed by atoms with van der Waals surface area (Å²) in [5.41, 5.74) is 0.936. The van der Waals surface area contributed by atoms with E-state index >= 15 is 0 Å². The van der Waals surface area contributed by atoms with Gasteiger partial charge in [-0.1, -0.05) is 11.3 Å². The first kappa shape index (κ1) is 14.3. The van der Waals surface area contributed by atoms with E-state index in [2.05, 4.69) is 20.2 Å². The van der Waals surface area contributed by atoms with E-state index in [0.717, 1.165) is 41.4 Å². The number of nitrogens with zero attached hydrogens (tertiary/aromatic N) is 3. The van der Waals surface area contributed by atoms with Gasteiger partial charge in [-0.25, -0.2) is 9.97 Å². The number of thiazole rings is 1. The van der Waals surface area contributed by atoms with Crippen molar-refractivity contribution >= 4 is 32.7 Å². The predicted molar refractivity (Wildman–Crippen MR) is 85.6 cm³/mol. The highest BCUT2D eigenvalue weighted by molar-refractivity contribution is 7.21. The number of fused-ring (bicyclic) bond motifs is 1. The molecule has 1 N–H and O–H groups in total. The molecule has 0 unspecified atom stereocenters. The quantitative estimate of drug-likeness (QED) is 0.946. The number of anilines is 1. The third-order valence-corrected chi connectivity index (χ3v) is 4.69. The molecule has 21 heavy (non-hydrogen) atoms. The normalized spacial score (nSPS) is 19.2. The van der Waals surface area contributed by atoms with Crippen LogP contribution in [0.2, 0.25) is 0 Å². The van der Waals surface area contributed by atoms with Crippen LogP contribution < -0.4 is 10.2 Å². The monoisotopic (exact) mass is 304 g/mol. The molecule has 0 spiro atoms. The minimum atomic E-state index is 0.0566. The zero-order valence-electron chi connectivity index (χ0n) is 12.4. The minimum Gasteiger partial charge on any atom is -0.354 e. The molecular weight excluding hydrogens is 284 g/mol. The summed E-state index contributed by atoms with van der Waals surface area (Å²) in [6.07, 6.45) is 3.77. The Hall–Kier alpha value is -1.69. The number of piperidine rings is 1. The van der Waals surface area contributed by atoms with Gasteiger partial charge in [-0.2, -0.15) is 0 Å². The summed E-state index contributed by atoms with van der Waals surface area (Å²) < 4.78 is 0. The Morgan fingerprint density at radius 1 is 1.52 bits per heavy atom. The van der Waals surface area contributed by atoms with E-state index in [0.29, 0.717) is 0 Å². The highest BCUT2D eigenvalue weighted by atomic mass is 32.1. The van der Waals surface area contributed by atoms with Gasteiger partial charge in [-0.3, -0.25) is 4.79 Å². The summed E-state index contributed by atoms with van der Waals surface area (Å²) in [6.45, 7) is 5.71. The molecular formula is C15H20N4OS. The highest BCUT2D eigenvalue weighted by Gasteiger charge is 2.27. The molecule has 0 saturated carbocycles. The van der Waals surface area contributed by atoms with E-state index in [1.807, 2.05) is 26.0 Å². The Morgan fingerprint density at radius 2 is 2.38 bits per heavy atom. The molecule has 1 saturated heterocycles. The molecule has 1 aliphatic heterocycles. The van der Waals surface area contributed by atoms with Crippen LogP contribution in [0.25, 0.3) is 10.3 Å². The summed E-state index contributed by atoms with van der Waals surface area (Å²) in [5.74, 6) is 0.218. The maximum Gasteiger partial charge on any atom is 0.225 e. The molecule has 1 fully saturated rings.